The van der Waals surface area contributed by atoms with Crippen molar-refractivity contribution in [1.29, 1.82) is 0 Å². The van der Waals surface area contributed by atoms with Crippen molar-refractivity contribution in [3.63, 3.8) is 0 Å². The van der Waals surface area contributed by atoms with Gasteiger partial charge in [-0.2, -0.15) is 0 Å². The summed E-state index contributed by atoms with van der Waals surface area (Å²) in [6.45, 7) is 3.73. The Bertz CT molecular complexity index is 583. The third-order valence-electron chi connectivity index (χ3n) is 3.69. The van der Waals surface area contributed by atoms with Gasteiger partial charge in [0.25, 0.3) is 0 Å². The number of carbonyl (C=O) groups is 2. The first-order valence-electron chi connectivity index (χ1n) is 7.08. The normalized spacial score (nSPS) is 19.1. The Morgan fingerprint density at radius 1 is 1.45 bits per heavy atom. The van der Waals surface area contributed by atoms with E-state index in [1.54, 1.807) is 0 Å². The number of hydrogen-bond acceptors (Lipinski definition) is 3. The van der Waals surface area contributed by atoms with Gasteiger partial charge in [0.2, 0.25) is 11.8 Å². The Balaban J connectivity index is 2.09. The summed E-state index contributed by atoms with van der Waals surface area (Å²) in [5.41, 5.74) is -0.0840. The number of rotatable bonds is 4. The van der Waals surface area contributed by atoms with Crippen LogP contribution in [0.5, 0.6) is 0 Å². The highest BCUT2D eigenvalue weighted by atomic mass is 32.2. The molecule has 2 amide bonds. The molecule has 1 aromatic carbocycles. The molecule has 0 unspecified atom stereocenters. The molecule has 0 aliphatic carbocycles. The highest BCUT2D eigenvalue weighted by molar-refractivity contribution is 7.99. The van der Waals surface area contributed by atoms with Gasteiger partial charge >= 0.3 is 0 Å². The molecular weight excluding hydrogens is 310 g/mol. The van der Waals surface area contributed by atoms with Crippen molar-refractivity contribution in [1.82, 2.24) is 4.90 Å². The number of hydrogen-bond donors (Lipinski definition) is 1. The van der Waals surface area contributed by atoms with Gasteiger partial charge in [-0.05, 0) is 18.6 Å². The quantitative estimate of drug-likeness (QED) is 0.925. The average molecular weight is 328 g/mol. The van der Waals surface area contributed by atoms with Crippen LogP contribution >= 0.6 is 11.8 Å². The van der Waals surface area contributed by atoms with E-state index < -0.39 is 23.6 Å². The summed E-state index contributed by atoms with van der Waals surface area (Å²) >= 11 is 1.48. The lowest BCUT2D eigenvalue weighted by atomic mass is 10.1. The van der Waals surface area contributed by atoms with Crippen molar-refractivity contribution in [2.75, 3.05) is 16.9 Å². The number of carbonyl (C=O) groups excluding carboxylic acids is 2. The van der Waals surface area contributed by atoms with Crippen LogP contribution in [0, 0.1) is 17.6 Å². The first-order chi connectivity index (χ1) is 10.4. The fourth-order valence-electron chi connectivity index (χ4n) is 2.14. The zero-order chi connectivity index (χ0) is 16.3. The summed E-state index contributed by atoms with van der Waals surface area (Å²) in [5, 5.41) is 2.43. The van der Waals surface area contributed by atoms with Gasteiger partial charge in [-0.3, -0.25) is 9.59 Å². The minimum atomic E-state index is -0.834. The second-order valence-electron chi connectivity index (χ2n) is 5.25. The Morgan fingerprint density at radius 3 is 2.82 bits per heavy atom. The van der Waals surface area contributed by atoms with E-state index in [2.05, 4.69) is 5.32 Å². The summed E-state index contributed by atoms with van der Waals surface area (Å²) in [7, 11) is 0. The van der Waals surface area contributed by atoms with Crippen molar-refractivity contribution in [3.8, 4) is 0 Å². The van der Waals surface area contributed by atoms with E-state index in [-0.39, 0.29) is 17.5 Å². The molecule has 1 fully saturated rings. The molecule has 1 saturated heterocycles. The van der Waals surface area contributed by atoms with Crippen LogP contribution in [-0.4, -0.2) is 34.4 Å². The molecule has 0 aromatic heterocycles. The van der Waals surface area contributed by atoms with Gasteiger partial charge in [0.1, 0.15) is 17.7 Å². The SMILES string of the molecule is CC[C@H](C)C(=O)N1CSC[C@@H]1C(=O)Nc1ccc(F)cc1F. The topological polar surface area (TPSA) is 49.4 Å². The number of nitrogens with one attached hydrogen (secondary N) is 1. The summed E-state index contributed by atoms with van der Waals surface area (Å²) in [4.78, 5) is 26.1. The van der Waals surface area contributed by atoms with E-state index in [4.69, 9.17) is 0 Å². The van der Waals surface area contributed by atoms with E-state index >= 15 is 0 Å². The first kappa shape index (κ1) is 16.7. The van der Waals surface area contributed by atoms with Crippen LogP contribution in [0.15, 0.2) is 18.2 Å². The van der Waals surface area contributed by atoms with E-state index in [0.717, 1.165) is 6.07 Å². The van der Waals surface area contributed by atoms with Gasteiger partial charge in [0.15, 0.2) is 0 Å². The van der Waals surface area contributed by atoms with Crippen molar-refractivity contribution in [2.24, 2.45) is 5.92 Å². The van der Waals surface area contributed by atoms with E-state index in [0.29, 0.717) is 24.1 Å². The lowest BCUT2D eigenvalue weighted by Crippen LogP contribution is -2.46. The van der Waals surface area contributed by atoms with Gasteiger partial charge in [0.05, 0.1) is 11.6 Å². The van der Waals surface area contributed by atoms with Crippen LogP contribution in [-0.2, 0) is 9.59 Å². The third kappa shape index (κ3) is 3.58. The summed E-state index contributed by atoms with van der Waals surface area (Å²) < 4.78 is 26.5. The number of anilines is 1. The van der Waals surface area contributed by atoms with Crippen LogP contribution in [0.25, 0.3) is 0 Å². The lowest BCUT2D eigenvalue weighted by molar-refractivity contribution is -0.139. The maximum atomic E-state index is 13.6. The Morgan fingerprint density at radius 2 is 2.18 bits per heavy atom. The summed E-state index contributed by atoms with van der Waals surface area (Å²) in [5.74, 6) is -1.31. The minimum Gasteiger partial charge on any atom is -0.322 e. The van der Waals surface area contributed by atoms with Gasteiger partial charge < -0.3 is 10.2 Å². The highest BCUT2D eigenvalue weighted by Gasteiger charge is 2.36. The third-order valence-corrected chi connectivity index (χ3v) is 4.70. The zero-order valence-corrected chi connectivity index (χ0v) is 13.3. The van der Waals surface area contributed by atoms with Gasteiger partial charge in [0, 0.05) is 17.7 Å². The van der Waals surface area contributed by atoms with E-state index in [9.17, 15) is 18.4 Å². The molecule has 0 saturated carbocycles. The molecule has 2 atom stereocenters. The largest absolute Gasteiger partial charge is 0.322 e. The van der Waals surface area contributed by atoms with Crippen molar-refractivity contribution in [3.05, 3.63) is 29.8 Å². The molecule has 4 nitrogen and oxygen atoms in total. The van der Waals surface area contributed by atoms with Gasteiger partial charge in [-0.25, -0.2) is 8.78 Å². The molecule has 0 spiro atoms. The maximum Gasteiger partial charge on any atom is 0.248 e. The molecular formula is C15H18F2N2O2S. The zero-order valence-electron chi connectivity index (χ0n) is 12.4. The number of nitrogens with zero attached hydrogens (tertiary/aromatic N) is 1. The average Bonchev–Trinajstić information content (AvgIpc) is 2.98. The molecule has 1 heterocycles. The van der Waals surface area contributed by atoms with E-state index in [1.165, 1.54) is 22.7 Å². The van der Waals surface area contributed by atoms with Crippen LogP contribution in [0.3, 0.4) is 0 Å². The monoisotopic (exact) mass is 328 g/mol. The number of benzene rings is 1. The van der Waals surface area contributed by atoms with Crippen LogP contribution < -0.4 is 5.32 Å². The smallest absolute Gasteiger partial charge is 0.248 e. The minimum absolute atomic E-state index is 0.0766. The van der Waals surface area contributed by atoms with Crippen molar-refractivity contribution < 1.29 is 18.4 Å². The van der Waals surface area contributed by atoms with Crippen LogP contribution in [0.2, 0.25) is 0 Å². The Labute approximate surface area is 132 Å². The second-order valence-corrected chi connectivity index (χ2v) is 6.25. The molecule has 1 aromatic rings. The molecule has 1 N–H and O–H groups in total. The molecule has 1 aliphatic heterocycles. The number of amides is 2. The van der Waals surface area contributed by atoms with Crippen LogP contribution in [0.4, 0.5) is 14.5 Å². The number of halogens is 2. The standard InChI is InChI=1S/C15H18F2N2O2S/c1-3-9(2)15(21)19-8-22-7-13(19)14(20)18-12-5-4-10(16)6-11(12)17/h4-6,9,13H,3,7-8H2,1-2H3,(H,18,20)/t9-,13+/m0/s1. The predicted molar refractivity (Wildman–Crippen MR) is 82.4 cm³/mol. The molecule has 0 radical (unpaired) electrons. The number of thioether (sulfide) groups is 1. The maximum absolute atomic E-state index is 13.6. The lowest BCUT2D eigenvalue weighted by Gasteiger charge is -2.25. The molecule has 0 bridgehead atoms. The fourth-order valence-corrected chi connectivity index (χ4v) is 3.31. The second kappa shape index (κ2) is 7.09. The summed E-state index contributed by atoms with van der Waals surface area (Å²) in [6.07, 6.45) is 0.695. The van der Waals surface area contributed by atoms with E-state index in [1.807, 2.05) is 13.8 Å². The van der Waals surface area contributed by atoms with Crippen molar-refractivity contribution >= 4 is 29.3 Å². The highest BCUT2D eigenvalue weighted by Crippen LogP contribution is 2.25. The van der Waals surface area contributed by atoms with Gasteiger partial charge in [-0.1, -0.05) is 13.8 Å². The first-order valence-corrected chi connectivity index (χ1v) is 8.23. The fraction of sp³-hybridized carbons (Fsp3) is 0.467. The molecule has 2 rings (SSSR count). The summed E-state index contributed by atoms with van der Waals surface area (Å²) in [6, 6.07) is 2.33. The molecule has 120 valence electrons. The van der Waals surface area contributed by atoms with Crippen LogP contribution in [0.1, 0.15) is 20.3 Å². The Hall–Kier alpha value is -1.63. The van der Waals surface area contributed by atoms with Crippen molar-refractivity contribution in [2.45, 2.75) is 26.3 Å². The molecule has 1 aliphatic rings. The van der Waals surface area contributed by atoms with Gasteiger partial charge in [-0.15, -0.1) is 11.8 Å². The predicted octanol–water partition coefficient (Wildman–Crippen LogP) is 2.85. The molecule has 22 heavy (non-hydrogen) atoms. The Kier molecular flexibility index (Phi) is 5.39. The molecule has 7 heteroatoms.